The first-order chi connectivity index (χ1) is 10.1. The van der Waals surface area contributed by atoms with Gasteiger partial charge in [0.2, 0.25) is 0 Å². The zero-order chi connectivity index (χ0) is 14.6. The Labute approximate surface area is 126 Å². The van der Waals surface area contributed by atoms with Gasteiger partial charge in [0.15, 0.2) is 0 Å². The Hall–Kier alpha value is -1.31. The fraction of sp³-hybridized carbons (Fsp3) is 0.632. The summed E-state index contributed by atoms with van der Waals surface area (Å²) in [7, 11) is 0. The van der Waals surface area contributed by atoms with Gasteiger partial charge < -0.3 is 5.11 Å². The summed E-state index contributed by atoms with van der Waals surface area (Å²) in [6.45, 7) is 2.26. The predicted molar refractivity (Wildman–Crippen MR) is 82.2 cm³/mol. The zero-order valence-electron chi connectivity index (χ0n) is 12.7. The van der Waals surface area contributed by atoms with E-state index in [9.17, 15) is 9.90 Å². The number of rotatable bonds is 1. The van der Waals surface area contributed by atoms with Crippen molar-refractivity contribution in [2.24, 2.45) is 23.2 Å². The maximum Gasteiger partial charge on any atom is 0.307 e. The van der Waals surface area contributed by atoms with Crippen LogP contribution in [0.15, 0.2) is 24.3 Å². The molecule has 1 N–H and O–H groups in total. The molecule has 2 heteroatoms. The van der Waals surface area contributed by atoms with Crippen LogP contribution in [0.3, 0.4) is 0 Å². The van der Waals surface area contributed by atoms with Gasteiger partial charge in [-0.05, 0) is 72.8 Å². The molecule has 1 aromatic carbocycles. The normalized spacial score (nSPS) is 41.0. The Morgan fingerprint density at radius 3 is 2.81 bits per heavy atom. The molecule has 5 atom stereocenters. The number of fused-ring (bicyclic) bond motifs is 5. The van der Waals surface area contributed by atoms with E-state index in [4.69, 9.17) is 0 Å². The SMILES string of the molecule is C[C@]12CC[C@@H]3c4ccccc4CC[C@H]3[C@@H]1CCC2C(=O)O. The van der Waals surface area contributed by atoms with E-state index in [0.717, 1.165) is 19.3 Å². The minimum Gasteiger partial charge on any atom is -0.481 e. The van der Waals surface area contributed by atoms with Crippen LogP contribution in [0.25, 0.3) is 0 Å². The predicted octanol–water partition coefficient (Wildman–Crippen LogP) is 4.24. The van der Waals surface area contributed by atoms with E-state index in [1.54, 1.807) is 5.56 Å². The molecule has 4 rings (SSSR count). The van der Waals surface area contributed by atoms with E-state index < -0.39 is 5.97 Å². The van der Waals surface area contributed by atoms with Crippen LogP contribution >= 0.6 is 0 Å². The van der Waals surface area contributed by atoms with Crippen LogP contribution in [0.4, 0.5) is 0 Å². The molecule has 2 nitrogen and oxygen atoms in total. The van der Waals surface area contributed by atoms with Crippen LogP contribution in [-0.2, 0) is 11.2 Å². The lowest BCUT2D eigenvalue weighted by Gasteiger charge is -2.50. The van der Waals surface area contributed by atoms with E-state index in [-0.39, 0.29) is 11.3 Å². The Morgan fingerprint density at radius 2 is 2.00 bits per heavy atom. The molecule has 0 heterocycles. The summed E-state index contributed by atoms with van der Waals surface area (Å²) in [6.07, 6.45) is 6.72. The number of hydrogen-bond acceptors (Lipinski definition) is 1. The van der Waals surface area contributed by atoms with Crippen LogP contribution in [0.2, 0.25) is 0 Å². The molecular weight excluding hydrogens is 260 g/mol. The molecule has 1 aromatic rings. The summed E-state index contributed by atoms with van der Waals surface area (Å²) < 4.78 is 0. The van der Waals surface area contributed by atoms with Crippen molar-refractivity contribution in [3.8, 4) is 0 Å². The average Bonchev–Trinajstić information content (AvgIpc) is 2.84. The van der Waals surface area contributed by atoms with Crippen LogP contribution in [0.5, 0.6) is 0 Å². The van der Waals surface area contributed by atoms with Crippen molar-refractivity contribution in [2.75, 3.05) is 0 Å². The highest BCUT2D eigenvalue weighted by Crippen LogP contribution is 2.62. The molecular formula is C19H24O2. The number of carboxylic acid groups (broad SMARTS) is 1. The number of carbonyl (C=O) groups is 1. The second-order valence-electron chi connectivity index (χ2n) is 7.63. The molecule has 3 aliphatic carbocycles. The van der Waals surface area contributed by atoms with E-state index in [0.29, 0.717) is 17.8 Å². The van der Waals surface area contributed by atoms with Crippen molar-refractivity contribution in [1.29, 1.82) is 0 Å². The van der Waals surface area contributed by atoms with Crippen molar-refractivity contribution >= 4 is 5.97 Å². The first-order valence-electron chi connectivity index (χ1n) is 8.42. The second kappa shape index (κ2) is 4.59. The fourth-order valence-electron chi connectivity index (χ4n) is 5.93. The van der Waals surface area contributed by atoms with Crippen LogP contribution in [-0.4, -0.2) is 11.1 Å². The zero-order valence-corrected chi connectivity index (χ0v) is 12.7. The summed E-state index contributed by atoms with van der Waals surface area (Å²) >= 11 is 0. The molecule has 0 bridgehead atoms. The molecule has 112 valence electrons. The second-order valence-corrected chi connectivity index (χ2v) is 7.63. The lowest BCUT2D eigenvalue weighted by atomic mass is 9.54. The van der Waals surface area contributed by atoms with Gasteiger partial charge >= 0.3 is 5.97 Å². The summed E-state index contributed by atoms with van der Waals surface area (Å²) in [5, 5.41) is 9.57. The maximum absolute atomic E-state index is 11.6. The number of aryl methyl sites for hydroxylation is 1. The third-order valence-electron chi connectivity index (χ3n) is 6.94. The van der Waals surface area contributed by atoms with E-state index in [1.807, 2.05) is 0 Å². The highest BCUT2D eigenvalue weighted by Gasteiger charge is 2.56. The van der Waals surface area contributed by atoms with Crippen molar-refractivity contribution in [3.05, 3.63) is 35.4 Å². The van der Waals surface area contributed by atoms with Gasteiger partial charge in [0.25, 0.3) is 0 Å². The standard InChI is InChI=1S/C19H24O2/c1-19-11-10-14-13-5-3-2-4-12(13)6-7-15(14)16(19)8-9-17(19)18(20)21/h2-5,14-17H,6-11H2,1H3,(H,20,21)/t14-,15-,16+,17?,19+/m1/s1. The van der Waals surface area contributed by atoms with E-state index in [1.165, 1.54) is 24.8 Å². The van der Waals surface area contributed by atoms with Crippen molar-refractivity contribution in [1.82, 2.24) is 0 Å². The van der Waals surface area contributed by atoms with Crippen LogP contribution in [0, 0.1) is 23.2 Å². The monoisotopic (exact) mass is 284 g/mol. The smallest absolute Gasteiger partial charge is 0.307 e. The first kappa shape index (κ1) is 13.4. The summed E-state index contributed by atoms with van der Waals surface area (Å²) in [5.41, 5.74) is 3.14. The van der Waals surface area contributed by atoms with E-state index >= 15 is 0 Å². The maximum atomic E-state index is 11.6. The number of hydrogen-bond donors (Lipinski definition) is 1. The summed E-state index contributed by atoms with van der Waals surface area (Å²) in [6, 6.07) is 8.93. The Balaban J connectivity index is 1.69. The molecule has 3 aliphatic rings. The summed E-state index contributed by atoms with van der Waals surface area (Å²) in [4.78, 5) is 11.6. The van der Waals surface area contributed by atoms with Crippen molar-refractivity contribution in [3.63, 3.8) is 0 Å². The number of benzene rings is 1. The Kier molecular flexibility index (Phi) is 2.92. The quantitative estimate of drug-likeness (QED) is 0.837. The number of carboxylic acids is 1. The van der Waals surface area contributed by atoms with Gasteiger partial charge in [0.1, 0.15) is 0 Å². The minimum atomic E-state index is -0.561. The number of aliphatic carboxylic acids is 1. The van der Waals surface area contributed by atoms with E-state index in [2.05, 4.69) is 31.2 Å². The van der Waals surface area contributed by atoms with Gasteiger partial charge in [0, 0.05) is 0 Å². The molecule has 21 heavy (non-hydrogen) atoms. The van der Waals surface area contributed by atoms with Gasteiger partial charge in [0.05, 0.1) is 5.92 Å². The van der Waals surface area contributed by atoms with Crippen molar-refractivity contribution in [2.45, 2.75) is 51.4 Å². The fourth-order valence-corrected chi connectivity index (χ4v) is 5.93. The summed E-state index contributed by atoms with van der Waals surface area (Å²) in [5.74, 6) is 1.34. The topological polar surface area (TPSA) is 37.3 Å². The van der Waals surface area contributed by atoms with Crippen LogP contribution in [0.1, 0.15) is 56.1 Å². The highest BCUT2D eigenvalue weighted by atomic mass is 16.4. The highest BCUT2D eigenvalue weighted by molar-refractivity contribution is 5.71. The van der Waals surface area contributed by atoms with Gasteiger partial charge in [-0.3, -0.25) is 4.79 Å². The molecule has 0 saturated heterocycles. The average molecular weight is 284 g/mol. The molecule has 0 radical (unpaired) electrons. The largest absolute Gasteiger partial charge is 0.481 e. The molecule has 2 fully saturated rings. The molecule has 0 amide bonds. The molecule has 2 saturated carbocycles. The van der Waals surface area contributed by atoms with Gasteiger partial charge in [-0.1, -0.05) is 31.2 Å². The molecule has 0 spiro atoms. The van der Waals surface area contributed by atoms with Gasteiger partial charge in [-0.2, -0.15) is 0 Å². The Morgan fingerprint density at radius 1 is 1.19 bits per heavy atom. The van der Waals surface area contributed by atoms with Gasteiger partial charge in [-0.15, -0.1) is 0 Å². The molecule has 1 unspecified atom stereocenters. The van der Waals surface area contributed by atoms with Crippen molar-refractivity contribution < 1.29 is 9.90 Å². The first-order valence-corrected chi connectivity index (χ1v) is 8.42. The minimum absolute atomic E-state index is 0.0410. The lowest BCUT2D eigenvalue weighted by Crippen LogP contribution is -2.43. The lowest BCUT2D eigenvalue weighted by molar-refractivity contribution is -0.147. The van der Waals surface area contributed by atoms with Crippen LogP contribution < -0.4 is 0 Å². The van der Waals surface area contributed by atoms with Gasteiger partial charge in [-0.25, -0.2) is 0 Å². The Bertz CT molecular complexity index is 579. The third-order valence-corrected chi connectivity index (χ3v) is 6.94. The molecule has 0 aliphatic heterocycles. The third kappa shape index (κ3) is 1.81. The molecule has 0 aromatic heterocycles.